The van der Waals surface area contributed by atoms with E-state index in [1.165, 1.54) is 18.2 Å². The van der Waals surface area contributed by atoms with E-state index in [4.69, 9.17) is 22.1 Å². The molecule has 0 heterocycles. The van der Waals surface area contributed by atoms with Crippen LogP contribution in [0.4, 0.5) is 0 Å². The Morgan fingerprint density at radius 1 is 1.13 bits per heavy atom. The Morgan fingerprint density at radius 3 is 2.27 bits per heavy atom. The van der Waals surface area contributed by atoms with Gasteiger partial charge in [-0.2, -0.15) is 10.5 Å². The van der Waals surface area contributed by atoms with Crippen LogP contribution in [0.2, 0.25) is 5.02 Å². The number of rotatable bonds is 2. The normalized spacial score (nSPS) is 9.53. The third-order valence-electron chi connectivity index (χ3n) is 1.60. The van der Waals surface area contributed by atoms with Gasteiger partial charge in [0.25, 0.3) is 0 Å². The first-order valence-corrected chi connectivity index (χ1v) is 3.99. The predicted octanol–water partition coefficient (Wildman–Crippen LogP) is 1.60. The highest BCUT2D eigenvalue weighted by Gasteiger charge is 2.22. The van der Waals surface area contributed by atoms with E-state index in [0.717, 1.165) is 0 Å². The van der Waals surface area contributed by atoms with Crippen molar-refractivity contribution in [1.29, 1.82) is 0 Å². The van der Waals surface area contributed by atoms with E-state index in [-0.39, 0.29) is 16.1 Å². The molecule has 0 unspecified atom stereocenters. The Labute approximate surface area is 88.5 Å². The van der Waals surface area contributed by atoms with Crippen LogP contribution in [0.25, 0.3) is 0 Å². The van der Waals surface area contributed by atoms with Gasteiger partial charge in [-0.3, -0.25) is 9.78 Å². The molecule has 0 aromatic heterocycles. The fraction of sp³-hybridized carbons (Fsp3) is 0. The molecule has 0 atom stereocenters. The van der Waals surface area contributed by atoms with Gasteiger partial charge in [-0.15, -0.1) is 0 Å². The molecule has 80 valence electrons. The molecular formula is C8H5ClO6. The minimum Gasteiger partial charge on any atom is -0.295 e. The summed E-state index contributed by atoms with van der Waals surface area (Å²) in [5.74, 6) is -2.40. The Morgan fingerprint density at radius 2 is 1.73 bits per heavy atom. The zero-order valence-electron chi connectivity index (χ0n) is 7.14. The van der Waals surface area contributed by atoms with E-state index in [2.05, 4.69) is 9.78 Å². The number of hydrogen-bond acceptors (Lipinski definition) is 6. The van der Waals surface area contributed by atoms with Crippen LogP contribution in [0, 0.1) is 0 Å². The molecule has 0 aliphatic heterocycles. The van der Waals surface area contributed by atoms with E-state index >= 15 is 0 Å². The van der Waals surface area contributed by atoms with Crippen LogP contribution in [0.3, 0.4) is 0 Å². The monoisotopic (exact) mass is 232 g/mol. The Balaban J connectivity index is 3.32. The standard InChI is InChI=1S/C8H5ClO6/c9-5-3-1-2-4(7(10)14-12)6(5)8(11)15-13/h1-3,12-13H. The molecule has 0 aliphatic rings. The summed E-state index contributed by atoms with van der Waals surface area (Å²) in [5.41, 5.74) is -0.704. The van der Waals surface area contributed by atoms with Gasteiger partial charge in [0.1, 0.15) is 0 Å². The Bertz CT molecular complexity index is 402. The molecule has 0 fully saturated rings. The van der Waals surface area contributed by atoms with Crippen molar-refractivity contribution in [2.24, 2.45) is 0 Å². The highest BCUT2D eigenvalue weighted by Crippen LogP contribution is 2.21. The fourth-order valence-electron chi connectivity index (χ4n) is 0.997. The smallest absolute Gasteiger partial charge is 0.295 e. The lowest BCUT2D eigenvalue weighted by Gasteiger charge is -2.04. The minimum atomic E-state index is -1.22. The van der Waals surface area contributed by atoms with E-state index in [1.807, 2.05) is 0 Å². The number of halogens is 1. The van der Waals surface area contributed by atoms with Gasteiger partial charge < -0.3 is 0 Å². The maximum Gasteiger partial charge on any atom is 0.375 e. The van der Waals surface area contributed by atoms with E-state index in [9.17, 15) is 9.59 Å². The predicted molar refractivity (Wildman–Crippen MR) is 47.5 cm³/mol. The van der Waals surface area contributed by atoms with Gasteiger partial charge in [-0.05, 0) is 12.1 Å². The topological polar surface area (TPSA) is 93.1 Å². The number of hydrogen-bond donors (Lipinski definition) is 2. The van der Waals surface area contributed by atoms with Gasteiger partial charge in [0.15, 0.2) is 0 Å². The summed E-state index contributed by atoms with van der Waals surface area (Å²) >= 11 is 5.60. The second-order valence-corrected chi connectivity index (χ2v) is 2.83. The first kappa shape index (κ1) is 11.4. The quantitative estimate of drug-likeness (QED) is 0.594. The zero-order valence-corrected chi connectivity index (χ0v) is 7.89. The lowest BCUT2D eigenvalue weighted by atomic mass is 10.1. The molecule has 0 saturated carbocycles. The average Bonchev–Trinajstić information content (AvgIpc) is 2.26. The van der Waals surface area contributed by atoms with Crippen LogP contribution in [0.1, 0.15) is 20.7 Å². The molecule has 1 aromatic rings. The van der Waals surface area contributed by atoms with E-state index in [0.29, 0.717) is 0 Å². The third-order valence-corrected chi connectivity index (χ3v) is 1.92. The van der Waals surface area contributed by atoms with E-state index < -0.39 is 11.9 Å². The Kier molecular flexibility index (Phi) is 3.62. The van der Waals surface area contributed by atoms with Gasteiger partial charge in [-0.1, -0.05) is 17.7 Å². The number of carbonyl (C=O) groups excluding carboxylic acids is 2. The van der Waals surface area contributed by atoms with Crippen molar-refractivity contribution in [2.75, 3.05) is 0 Å². The largest absolute Gasteiger partial charge is 0.375 e. The molecule has 1 aromatic carbocycles. The van der Waals surface area contributed by atoms with Crippen molar-refractivity contribution < 1.29 is 29.9 Å². The Hall–Kier alpha value is -1.63. The lowest BCUT2D eigenvalue weighted by Crippen LogP contribution is -2.12. The number of benzene rings is 1. The summed E-state index contributed by atoms with van der Waals surface area (Å²) < 4.78 is 0. The van der Waals surface area contributed by atoms with Crippen molar-refractivity contribution in [3.8, 4) is 0 Å². The van der Waals surface area contributed by atoms with Crippen molar-refractivity contribution in [3.05, 3.63) is 34.3 Å². The minimum absolute atomic E-state index is 0.114. The lowest BCUT2D eigenvalue weighted by molar-refractivity contribution is -0.185. The maximum absolute atomic E-state index is 11.0. The molecule has 0 amide bonds. The average molecular weight is 233 g/mol. The van der Waals surface area contributed by atoms with Crippen LogP contribution in [0.15, 0.2) is 18.2 Å². The van der Waals surface area contributed by atoms with Gasteiger partial charge in [0, 0.05) is 0 Å². The van der Waals surface area contributed by atoms with Crippen molar-refractivity contribution in [1.82, 2.24) is 0 Å². The summed E-state index contributed by atoms with van der Waals surface area (Å²) in [7, 11) is 0. The van der Waals surface area contributed by atoms with Crippen LogP contribution >= 0.6 is 11.6 Å². The van der Waals surface area contributed by atoms with E-state index in [1.54, 1.807) is 0 Å². The molecule has 0 saturated heterocycles. The van der Waals surface area contributed by atoms with Crippen molar-refractivity contribution in [2.45, 2.75) is 0 Å². The SMILES string of the molecule is O=C(OO)c1cccc(Cl)c1C(=O)OO. The zero-order chi connectivity index (χ0) is 11.4. The van der Waals surface area contributed by atoms with Crippen LogP contribution < -0.4 is 0 Å². The third kappa shape index (κ3) is 2.24. The molecule has 15 heavy (non-hydrogen) atoms. The molecule has 0 radical (unpaired) electrons. The highest BCUT2D eigenvalue weighted by atomic mass is 35.5. The van der Waals surface area contributed by atoms with Gasteiger partial charge in [-0.25, -0.2) is 9.59 Å². The molecule has 1 rings (SSSR count). The summed E-state index contributed by atoms with van der Waals surface area (Å²) in [6, 6.07) is 3.85. The molecule has 0 aliphatic carbocycles. The van der Waals surface area contributed by atoms with Crippen molar-refractivity contribution in [3.63, 3.8) is 0 Å². The molecular weight excluding hydrogens is 228 g/mol. The second kappa shape index (κ2) is 4.74. The molecule has 0 spiro atoms. The number of carbonyl (C=O) groups is 2. The van der Waals surface area contributed by atoms with Crippen LogP contribution in [-0.4, -0.2) is 22.5 Å². The van der Waals surface area contributed by atoms with Gasteiger partial charge in [0.05, 0.1) is 16.1 Å². The van der Waals surface area contributed by atoms with Crippen LogP contribution in [0.5, 0.6) is 0 Å². The van der Waals surface area contributed by atoms with Gasteiger partial charge in [0.2, 0.25) is 0 Å². The first-order valence-electron chi connectivity index (χ1n) is 3.61. The molecule has 0 bridgehead atoms. The highest BCUT2D eigenvalue weighted by molar-refractivity contribution is 6.34. The van der Waals surface area contributed by atoms with Crippen LogP contribution in [-0.2, 0) is 9.78 Å². The van der Waals surface area contributed by atoms with Gasteiger partial charge >= 0.3 is 11.9 Å². The molecule has 7 heteroatoms. The second-order valence-electron chi connectivity index (χ2n) is 2.42. The maximum atomic E-state index is 11.0. The van der Waals surface area contributed by atoms with Crippen molar-refractivity contribution >= 4 is 23.5 Å². The fourth-order valence-corrected chi connectivity index (χ4v) is 1.25. The first-order chi connectivity index (χ1) is 7.11. The summed E-state index contributed by atoms with van der Waals surface area (Å²) in [6.45, 7) is 0. The summed E-state index contributed by atoms with van der Waals surface area (Å²) in [6.07, 6.45) is 0. The summed E-state index contributed by atoms with van der Waals surface area (Å²) in [4.78, 5) is 28.9. The molecule has 2 N–H and O–H groups in total. The molecule has 6 nitrogen and oxygen atoms in total. The summed E-state index contributed by atoms with van der Waals surface area (Å²) in [5, 5.41) is 16.2.